The molecule has 8 heteroatoms. The molecular formula is C23H21N3O5. The number of benzene rings is 3. The molecule has 31 heavy (non-hydrogen) atoms. The van der Waals surface area contributed by atoms with Gasteiger partial charge in [0.1, 0.15) is 5.75 Å². The zero-order chi connectivity index (χ0) is 22.2. The van der Waals surface area contributed by atoms with Crippen molar-refractivity contribution in [3.63, 3.8) is 0 Å². The number of carbonyl (C=O) groups is 2. The Morgan fingerprint density at radius 1 is 0.903 bits per heavy atom. The third-order valence-electron chi connectivity index (χ3n) is 4.32. The highest BCUT2D eigenvalue weighted by molar-refractivity contribution is 6.09. The van der Waals surface area contributed by atoms with Crippen LogP contribution in [0.3, 0.4) is 0 Å². The fourth-order valence-electron chi connectivity index (χ4n) is 2.79. The standard InChI is InChI=1S/C23H21N3O5/c1-30-20-11-10-16(13-21(20)31-2)22(28)25-19-9-4-3-8-18(19)23(29)26-24-14-15-6-5-7-17(27)12-15/h3-14,27H,1-2H3,(H,25,28)(H,26,29)/b24-14+. The summed E-state index contributed by atoms with van der Waals surface area (Å²) in [6.45, 7) is 0. The van der Waals surface area contributed by atoms with Crippen molar-refractivity contribution < 1.29 is 24.2 Å². The van der Waals surface area contributed by atoms with Gasteiger partial charge < -0.3 is 19.9 Å². The number of nitrogens with one attached hydrogen (secondary N) is 2. The van der Waals surface area contributed by atoms with Gasteiger partial charge in [0, 0.05) is 5.56 Å². The molecule has 0 aromatic heterocycles. The predicted molar refractivity (Wildman–Crippen MR) is 117 cm³/mol. The first-order chi connectivity index (χ1) is 15.0. The van der Waals surface area contributed by atoms with Crippen molar-refractivity contribution in [2.45, 2.75) is 0 Å². The smallest absolute Gasteiger partial charge is 0.273 e. The molecule has 2 amide bonds. The molecule has 3 aromatic rings. The average molecular weight is 419 g/mol. The van der Waals surface area contributed by atoms with Crippen molar-refractivity contribution in [1.82, 2.24) is 5.43 Å². The molecule has 0 spiro atoms. The summed E-state index contributed by atoms with van der Waals surface area (Å²) < 4.78 is 10.4. The molecule has 0 bridgehead atoms. The van der Waals surface area contributed by atoms with E-state index in [0.717, 1.165) is 0 Å². The third kappa shape index (κ3) is 5.39. The molecule has 0 unspecified atom stereocenters. The van der Waals surface area contributed by atoms with Gasteiger partial charge in [-0.2, -0.15) is 5.10 Å². The van der Waals surface area contributed by atoms with Crippen molar-refractivity contribution in [3.05, 3.63) is 83.4 Å². The molecule has 0 heterocycles. The molecule has 0 saturated carbocycles. The fraction of sp³-hybridized carbons (Fsp3) is 0.0870. The molecule has 0 fully saturated rings. The van der Waals surface area contributed by atoms with Crippen LogP contribution in [0.1, 0.15) is 26.3 Å². The highest BCUT2D eigenvalue weighted by atomic mass is 16.5. The Morgan fingerprint density at radius 2 is 1.68 bits per heavy atom. The van der Waals surface area contributed by atoms with Crippen molar-refractivity contribution in [2.75, 3.05) is 19.5 Å². The number of rotatable bonds is 7. The van der Waals surface area contributed by atoms with Gasteiger partial charge in [-0.15, -0.1) is 0 Å². The van der Waals surface area contributed by atoms with Gasteiger partial charge in [-0.05, 0) is 48.0 Å². The van der Waals surface area contributed by atoms with Crippen molar-refractivity contribution >= 4 is 23.7 Å². The van der Waals surface area contributed by atoms with Gasteiger partial charge in [0.05, 0.1) is 31.7 Å². The van der Waals surface area contributed by atoms with Gasteiger partial charge in [-0.25, -0.2) is 5.43 Å². The zero-order valence-electron chi connectivity index (χ0n) is 17.0. The van der Waals surface area contributed by atoms with Crippen LogP contribution in [-0.4, -0.2) is 37.4 Å². The molecule has 0 atom stereocenters. The van der Waals surface area contributed by atoms with E-state index >= 15 is 0 Å². The van der Waals surface area contributed by atoms with Crippen LogP contribution >= 0.6 is 0 Å². The van der Waals surface area contributed by atoms with Gasteiger partial charge >= 0.3 is 0 Å². The summed E-state index contributed by atoms with van der Waals surface area (Å²) in [5, 5.41) is 16.1. The second-order valence-electron chi connectivity index (χ2n) is 6.36. The van der Waals surface area contributed by atoms with Crippen LogP contribution in [0.5, 0.6) is 17.2 Å². The van der Waals surface area contributed by atoms with E-state index in [1.165, 1.54) is 32.6 Å². The lowest BCUT2D eigenvalue weighted by molar-refractivity contribution is 0.0956. The number of para-hydroxylation sites is 1. The summed E-state index contributed by atoms with van der Waals surface area (Å²) in [4.78, 5) is 25.3. The summed E-state index contributed by atoms with van der Waals surface area (Å²) in [7, 11) is 2.99. The second-order valence-corrected chi connectivity index (χ2v) is 6.36. The van der Waals surface area contributed by atoms with Gasteiger partial charge in [-0.1, -0.05) is 24.3 Å². The molecular weight excluding hydrogens is 398 g/mol. The highest BCUT2D eigenvalue weighted by Crippen LogP contribution is 2.28. The Kier molecular flexibility index (Phi) is 6.85. The second kappa shape index (κ2) is 9.93. The van der Waals surface area contributed by atoms with E-state index in [-0.39, 0.29) is 11.3 Å². The quantitative estimate of drug-likeness (QED) is 0.402. The lowest BCUT2D eigenvalue weighted by Crippen LogP contribution is -2.21. The van der Waals surface area contributed by atoms with Crippen molar-refractivity contribution in [3.8, 4) is 17.2 Å². The molecule has 0 radical (unpaired) electrons. The van der Waals surface area contributed by atoms with Gasteiger partial charge in [0.2, 0.25) is 0 Å². The number of phenols is 1. The topological polar surface area (TPSA) is 109 Å². The Bertz CT molecular complexity index is 1130. The molecule has 3 N–H and O–H groups in total. The number of carbonyl (C=O) groups excluding carboxylic acids is 2. The minimum absolute atomic E-state index is 0.0958. The number of methoxy groups -OCH3 is 2. The number of anilines is 1. The SMILES string of the molecule is COc1ccc(C(=O)Nc2ccccc2C(=O)N/N=C/c2cccc(O)c2)cc1OC. The first-order valence-electron chi connectivity index (χ1n) is 9.26. The molecule has 0 aliphatic carbocycles. The minimum Gasteiger partial charge on any atom is -0.508 e. The van der Waals surface area contributed by atoms with E-state index < -0.39 is 11.8 Å². The molecule has 8 nitrogen and oxygen atoms in total. The molecule has 3 rings (SSSR count). The van der Waals surface area contributed by atoms with Crippen LogP contribution < -0.4 is 20.2 Å². The Labute approximate surface area is 179 Å². The summed E-state index contributed by atoms with van der Waals surface area (Å²) in [6, 6.07) is 17.8. The van der Waals surface area contributed by atoms with E-state index in [9.17, 15) is 14.7 Å². The van der Waals surface area contributed by atoms with E-state index in [1.807, 2.05) is 0 Å². The van der Waals surface area contributed by atoms with E-state index in [2.05, 4.69) is 15.8 Å². The number of hydrogen-bond acceptors (Lipinski definition) is 6. The monoisotopic (exact) mass is 419 g/mol. The van der Waals surface area contributed by atoms with Gasteiger partial charge in [0.15, 0.2) is 11.5 Å². The van der Waals surface area contributed by atoms with Crippen LogP contribution in [0.2, 0.25) is 0 Å². The van der Waals surface area contributed by atoms with E-state index in [1.54, 1.807) is 54.6 Å². The zero-order valence-corrected chi connectivity index (χ0v) is 17.0. The highest BCUT2D eigenvalue weighted by Gasteiger charge is 2.15. The predicted octanol–water partition coefficient (Wildman–Crippen LogP) is 3.43. The van der Waals surface area contributed by atoms with Crippen LogP contribution in [0.15, 0.2) is 71.8 Å². The number of aromatic hydroxyl groups is 1. The van der Waals surface area contributed by atoms with Crippen LogP contribution in [0, 0.1) is 0 Å². The molecule has 0 saturated heterocycles. The lowest BCUT2D eigenvalue weighted by Gasteiger charge is -2.12. The van der Waals surface area contributed by atoms with Crippen molar-refractivity contribution in [1.29, 1.82) is 0 Å². The number of amides is 2. The molecule has 3 aromatic carbocycles. The van der Waals surface area contributed by atoms with Crippen LogP contribution in [0.25, 0.3) is 0 Å². The van der Waals surface area contributed by atoms with E-state index in [0.29, 0.717) is 28.3 Å². The number of nitrogens with zero attached hydrogens (tertiary/aromatic N) is 1. The Balaban J connectivity index is 1.74. The first-order valence-corrected chi connectivity index (χ1v) is 9.26. The van der Waals surface area contributed by atoms with Crippen LogP contribution in [0.4, 0.5) is 5.69 Å². The average Bonchev–Trinajstić information content (AvgIpc) is 2.78. The maximum atomic E-state index is 12.7. The Hall–Kier alpha value is -4.33. The number of hydrazone groups is 1. The number of phenolic OH excluding ortho intramolecular Hbond substituents is 1. The number of ether oxygens (including phenoxy) is 2. The Morgan fingerprint density at radius 3 is 2.42 bits per heavy atom. The summed E-state index contributed by atoms with van der Waals surface area (Å²) in [5.41, 5.74) is 3.94. The maximum Gasteiger partial charge on any atom is 0.273 e. The molecule has 0 aliphatic heterocycles. The van der Waals surface area contributed by atoms with Crippen molar-refractivity contribution in [2.24, 2.45) is 5.10 Å². The van der Waals surface area contributed by atoms with Gasteiger partial charge in [-0.3, -0.25) is 9.59 Å². The number of hydrogen-bond donors (Lipinski definition) is 3. The first kappa shape index (κ1) is 21.4. The summed E-state index contributed by atoms with van der Waals surface area (Å²) in [6.07, 6.45) is 1.41. The largest absolute Gasteiger partial charge is 0.508 e. The molecule has 0 aliphatic rings. The van der Waals surface area contributed by atoms with E-state index in [4.69, 9.17) is 9.47 Å². The maximum absolute atomic E-state index is 12.7. The fourth-order valence-corrected chi connectivity index (χ4v) is 2.79. The lowest BCUT2D eigenvalue weighted by atomic mass is 10.1. The van der Waals surface area contributed by atoms with Gasteiger partial charge in [0.25, 0.3) is 11.8 Å². The van der Waals surface area contributed by atoms with Crippen LogP contribution in [-0.2, 0) is 0 Å². The molecule has 158 valence electrons. The third-order valence-corrected chi connectivity index (χ3v) is 4.32. The normalized spacial score (nSPS) is 10.5. The minimum atomic E-state index is -0.500. The summed E-state index contributed by atoms with van der Waals surface area (Å²) in [5.74, 6) is 0.105. The summed E-state index contributed by atoms with van der Waals surface area (Å²) >= 11 is 0.